The highest BCUT2D eigenvalue weighted by atomic mass is 79.9. The number of rotatable bonds is 11. The van der Waals surface area contributed by atoms with Crippen LogP contribution in [0.3, 0.4) is 0 Å². The lowest BCUT2D eigenvalue weighted by Crippen LogP contribution is -2.52. The Bertz CT molecular complexity index is 1350. The van der Waals surface area contributed by atoms with E-state index >= 15 is 0 Å². The van der Waals surface area contributed by atoms with Gasteiger partial charge in [0.25, 0.3) is 10.0 Å². The molecule has 1 N–H and O–H groups in total. The number of hydrogen-bond acceptors (Lipinski definition) is 4. The number of para-hydroxylation sites is 1. The fraction of sp³-hybridized carbons (Fsp3) is 0.286. The van der Waals surface area contributed by atoms with Crippen molar-refractivity contribution in [1.29, 1.82) is 0 Å². The molecule has 0 aliphatic carbocycles. The van der Waals surface area contributed by atoms with Gasteiger partial charge in [-0.25, -0.2) is 12.8 Å². The number of benzene rings is 3. The van der Waals surface area contributed by atoms with Crippen molar-refractivity contribution in [2.45, 2.75) is 50.7 Å². The van der Waals surface area contributed by atoms with Gasteiger partial charge in [0.2, 0.25) is 11.8 Å². The largest absolute Gasteiger partial charge is 0.352 e. The molecule has 2 unspecified atom stereocenters. The second-order valence-corrected chi connectivity index (χ2v) is 11.7. The Morgan fingerprint density at radius 1 is 0.974 bits per heavy atom. The average molecular weight is 605 g/mol. The number of halogens is 2. The summed E-state index contributed by atoms with van der Waals surface area (Å²) in [4.78, 5) is 28.1. The Hall–Kier alpha value is -3.24. The normalized spacial score (nSPS) is 12.9. The van der Waals surface area contributed by atoms with E-state index < -0.39 is 34.3 Å². The van der Waals surface area contributed by atoms with Crippen LogP contribution < -0.4 is 9.62 Å². The third-order valence-electron chi connectivity index (χ3n) is 6.13. The van der Waals surface area contributed by atoms with Gasteiger partial charge in [-0.1, -0.05) is 53.2 Å². The third-order valence-corrected chi connectivity index (χ3v) is 8.42. The lowest BCUT2D eigenvalue weighted by Gasteiger charge is -2.32. The first-order valence-electron chi connectivity index (χ1n) is 12.2. The first kappa shape index (κ1) is 29.3. The molecule has 2 amide bonds. The Kier molecular flexibility index (Phi) is 10.0. The molecule has 3 aromatic carbocycles. The summed E-state index contributed by atoms with van der Waals surface area (Å²) in [7, 11) is -4.24. The number of amides is 2. The predicted molar refractivity (Wildman–Crippen MR) is 149 cm³/mol. The number of sulfonamides is 1. The molecule has 0 saturated heterocycles. The van der Waals surface area contributed by atoms with E-state index in [-0.39, 0.29) is 29.1 Å². The van der Waals surface area contributed by atoms with Gasteiger partial charge in [0, 0.05) is 17.1 Å². The molecule has 2 atom stereocenters. The molecule has 0 radical (unpaired) electrons. The van der Waals surface area contributed by atoms with E-state index in [1.165, 1.54) is 4.90 Å². The summed E-state index contributed by atoms with van der Waals surface area (Å²) >= 11 is 3.43. The minimum atomic E-state index is -4.24. The Labute approximate surface area is 231 Å². The van der Waals surface area contributed by atoms with Gasteiger partial charge in [0.1, 0.15) is 18.4 Å². The van der Waals surface area contributed by atoms with Crippen LogP contribution in [0.15, 0.2) is 88.2 Å². The van der Waals surface area contributed by atoms with E-state index in [1.807, 2.05) is 38.1 Å². The highest BCUT2D eigenvalue weighted by Crippen LogP contribution is 2.25. The van der Waals surface area contributed by atoms with E-state index in [1.54, 1.807) is 37.3 Å². The summed E-state index contributed by atoms with van der Waals surface area (Å²) in [6.07, 6.45) is 0.718. The number of nitrogens with one attached hydrogen (secondary N) is 1. The van der Waals surface area contributed by atoms with Crippen LogP contribution in [0.4, 0.5) is 10.1 Å². The topological polar surface area (TPSA) is 86.8 Å². The number of nitrogens with zero attached hydrogens (tertiary/aromatic N) is 2. The molecular weight excluding hydrogens is 573 g/mol. The van der Waals surface area contributed by atoms with Crippen LogP contribution in [0, 0.1) is 5.82 Å². The van der Waals surface area contributed by atoms with Crippen LogP contribution in [0.25, 0.3) is 0 Å². The van der Waals surface area contributed by atoms with Gasteiger partial charge in [-0.05, 0) is 74.4 Å². The van der Waals surface area contributed by atoms with Crippen LogP contribution in [0.5, 0.6) is 0 Å². The summed E-state index contributed by atoms with van der Waals surface area (Å²) in [5.74, 6) is -1.48. The SMILES string of the molecule is CCC(C)NC(=O)C(C)N(Cc1cccc(Br)c1)C(=O)CN(c1ccccc1)S(=O)(=O)c1ccc(F)cc1. The third kappa shape index (κ3) is 7.41. The summed E-state index contributed by atoms with van der Waals surface area (Å²) in [5.41, 5.74) is 1.04. The molecule has 0 saturated carbocycles. The summed E-state index contributed by atoms with van der Waals surface area (Å²) < 4.78 is 42.6. The van der Waals surface area contributed by atoms with E-state index in [0.29, 0.717) is 0 Å². The van der Waals surface area contributed by atoms with Gasteiger partial charge >= 0.3 is 0 Å². The first-order chi connectivity index (χ1) is 18.0. The van der Waals surface area contributed by atoms with Gasteiger partial charge < -0.3 is 10.2 Å². The van der Waals surface area contributed by atoms with Crippen molar-refractivity contribution in [2.75, 3.05) is 10.8 Å². The monoisotopic (exact) mass is 603 g/mol. The van der Waals surface area contributed by atoms with Gasteiger partial charge in [0.05, 0.1) is 10.6 Å². The Morgan fingerprint density at radius 3 is 2.24 bits per heavy atom. The number of hydrogen-bond donors (Lipinski definition) is 1. The van der Waals surface area contributed by atoms with E-state index in [2.05, 4.69) is 21.2 Å². The van der Waals surface area contributed by atoms with E-state index in [9.17, 15) is 22.4 Å². The lowest BCUT2D eigenvalue weighted by atomic mass is 10.1. The molecule has 0 aliphatic heterocycles. The maximum atomic E-state index is 13.8. The zero-order valence-corrected chi connectivity index (χ0v) is 23.9. The van der Waals surface area contributed by atoms with Crippen LogP contribution in [0.2, 0.25) is 0 Å². The van der Waals surface area contributed by atoms with Crippen molar-refractivity contribution < 1.29 is 22.4 Å². The van der Waals surface area contributed by atoms with Gasteiger partial charge in [-0.15, -0.1) is 0 Å². The maximum Gasteiger partial charge on any atom is 0.264 e. The van der Waals surface area contributed by atoms with Gasteiger partial charge in [-0.2, -0.15) is 0 Å². The predicted octanol–water partition coefficient (Wildman–Crippen LogP) is 5.12. The molecule has 38 heavy (non-hydrogen) atoms. The number of carbonyl (C=O) groups excluding carboxylic acids is 2. The zero-order chi connectivity index (χ0) is 27.9. The molecule has 0 heterocycles. The first-order valence-corrected chi connectivity index (χ1v) is 14.4. The van der Waals surface area contributed by atoms with Crippen molar-refractivity contribution in [2.24, 2.45) is 0 Å². The van der Waals surface area contributed by atoms with Crippen molar-refractivity contribution in [1.82, 2.24) is 10.2 Å². The molecule has 0 spiro atoms. The Balaban J connectivity index is 2.00. The number of anilines is 1. The van der Waals surface area contributed by atoms with Gasteiger partial charge in [-0.3, -0.25) is 13.9 Å². The van der Waals surface area contributed by atoms with Crippen LogP contribution in [-0.4, -0.2) is 43.8 Å². The second-order valence-electron chi connectivity index (χ2n) is 8.95. The van der Waals surface area contributed by atoms with Crippen LogP contribution in [-0.2, 0) is 26.2 Å². The molecule has 0 fully saturated rings. The molecule has 0 bridgehead atoms. The summed E-state index contributed by atoms with van der Waals surface area (Å²) in [6, 6.07) is 19.0. The van der Waals surface area contributed by atoms with Crippen molar-refractivity contribution in [3.05, 3.63) is 94.7 Å². The maximum absolute atomic E-state index is 13.8. The molecule has 3 rings (SSSR count). The Morgan fingerprint density at radius 2 is 1.63 bits per heavy atom. The van der Waals surface area contributed by atoms with Crippen LogP contribution >= 0.6 is 15.9 Å². The molecule has 202 valence electrons. The van der Waals surface area contributed by atoms with Crippen molar-refractivity contribution in [3.63, 3.8) is 0 Å². The molecular formula is C28H31BrFN3O4S. The average Bonchev–Trinajstić information content (AvgIpc) is 2.90. The highest BCUT2D eigenvalue weighted by molar-refractivity contribution is 9.10. The minimum Gasteiger partial charge on any atom is -0.352 e. The fourth-order valence-electron chi connectivity index (χ4n) is 3.74. The molecule has 10 heteroatoms. The molecule has 0 aromatic heterocycles. The van der Waals surface area contributed by atoms with Crippen molar-refractivity contribution >= 4 is 43.5 Å². The quantitative estimate of drug-likeness (QED) is 0.330. The zero-order valence-electron chi connectivity index (χ0n) is 21.5. The number of carbonyl (C=O) groups is 2. The fourth-order valence-corrected chi connectivity index (χ4v) is 5.60. The smallest absolute Gasteiger partial charge is 0.264 e. The highest BCUT2D eigenvalue weighted by Gasteiger charge is 2.32. The molecule has 3 aromatic rings. The van der Waals surface area contributed by atoms with Crippen LogP contribution in [0.1, 0.15) is 32.8 Å². The van der Waals surface area contributed by atoms with Gasteiger partial charge in [0.15, 0.2) is 0 Å². The second kappa shape index (κ2) is 13.0. The summed E-state index contributed by atoms with van der Waals surface area (Å²) in [6.45, 7) is 4.97. The minimum absolute atomic E-state index is 0.0899. The molecule has 7 nitrogen and oxygen atoms in total. The van der Waals surface area contributed by atoms with E-state index in [0.717, 1.165) is 45.0 Å². The molecule has 0 aliphatic rings. The standard InChI is InChI=1S/C28H31BrFN3O4S/c1-4-20(2)31-28(35)21(3)32(18-22-9-8-10-23(29)17-22)27(34)19-33(25-11-6-5-7-12-25)38(36,37)26-15-13-24(30)14-16-26/h5-17,20-21H,4,18-19H2,1-3H3,(H,31,35). The van der Waals surface area contributed by atoms with Crippen molar-refractivity contribution in [3.8, 4) is 0 Å². The summed E-state index contributed by atoms with van der Waals surface area (Å²) in [5, 5.41) is 2.90. The van der Waals surface area contributed by atoms with E-state index in [4.69, 9.17) is 0 Å². The lowest BCUT2D eigenvalue weighted by molar-refractivity contribution is -0.139.